The summed E-state index contributed by atoms with van der Waals surface area (Å²) < 4.78 is 1.33. The smallest absolute Gasteiger partial charge is 0.271 e. The average molecular weight is 398 g/mol. The number of hydrogen-bond acceptors (Lipinski definition) is 3. The van der Waals surface area contributed by atoms with Crippen molar-refractivity contribution in [2.24, 2.45) is 5.10 Å². The van der Waals surface area contributed by atoms with Gasteiger partial charge in [0, 0.05) is 15.6 Å². The Kier molecular flexibility index (Phi) is 4.92. The van der Waals surface area contributed by atoms with Gasteiger partial charge >= 0.3 is 0 Å². The van der Waals surface area contributed by atoms with Crippen molar-refractivity contribution in [3.05, 3.63) is 62.5 Å². The minimum atomic E-state index is -0.310. The second-order valence-corrected chi connectivity index (χ2v) is 5.66. The molecule has 0 aliphatic heterocycles. The molecule has 2 N–H and O–H groups in total. The van der Waals surface area contributed by atoms with E-state index in [1.807, 2.05) is 6.07 Å². The summed E-state index contributed by atoms with van der Waals surface area (Å²) >= 11 is 6.54. The van der Waals surface area contributed by atoms with E-state index >= 15 is 0 Å². The second kappa shape index (κ2) is 6.67. The van der Waals surface area contributed by atoms with E-state index in [-0.39, 0.29) is 11.7 Å². The van der Waals surface area contributed by atoms with Gasteiger partial charge in [-0.3, -0.25) is 4.79 Å². The minimum Gasteiger partial charge on any atom is -0.506 e. The summed E-state index contributed by atoms with van der Waals surface area (Å²) in [4.78, 5) is 11.7. The van der Waals surface area contributed by atoms with Gasteiger partial charge in [-0.1, -0.05) is 34.1 Å². The lowest BCUT2D eigenvalue weighted by Gasteiger charge is -2.03. The summed E-state index contributed by atoms with van der Waals surface area (Å²) in [6, 6.07) is 12.2. The Morgan fingerprint density at radius 3 is 2.60 bits per heavy atom. The number of phenolic OH excluding ortho intramolecular Hbond substituents is 1. The standard InChI is InChI=1S/C14H10Br2N2O2/c15-11-6-10(13(19)12(16)7-11)8-17-18-14(20)9-4-2-1-3-5-9/h1-8,19H,(H,18,20). The Hall–Kier alpha value is -1.66. The molecule has 0 aromatic heterocycles. The summed E-state index contributed by atoms with van der Waals surface area (Å²) in [5.41, 5.74) is 3.41. The molecule has 0 fully saturated rings. The van der Waals surface area contributed by atoms with E-state index in [0.717, 1.165) is 4.47 Å². The molecule has 2 aromatic rings. The predicted octanol–water partition coefficient (Wildman–Crippen LogP) is 3.68. The van der Waals surface area contributed by atoms with Crippen LogP contribution >= 0.6 is 31.9 Å². The van der Waals surface area contributed by atoms with Crippen molar-refractivity contribution in [3.8, 4) is 5.75 Å². The number of halogens is 2. The van der Waals surface area contributed by atoms with Gasteiger partial charge in [0.15, 0.2) is 0 Å². The number of carbonyl (C=O) groups is 1. The Bertz CT molecular complexity index is 658. The van der Waals surface area contributed by atoms with E-state index in [4.69, 9.17) is 0 Å². The highest BCUT2D eigenvalue weighted by molar-refractivity contribution is 9.11. The number of rotatable bonds is 3. The minimum absolute atomic E-state index is 0.0610. The first-order chi connectivity index (χ1) is 9.58. The molecular weight excluding hydrogens is 388 g/mol. The average Bonchev–Trinajstić information content (AvgIpc) is 2.44. The van der Waals surface area contributed by atoms with Gasteiger partial charge in [0.2, 0.25) is 0 Å². The van der Waals surface area contributed by atoms with Gasteiger partial charge in [0.05, 0.1) is 10.7 Å². The van der Waals surface area contributed by atoms with Crippen molar-refractivity contribution in [1.82, 2.24) is 5.43 Å². The zero-order chi connectivity index (χ0) is 14.5. The number of amides is 1. The summed E-state index contributed by atoms with van der Waals surface area (Å²) in [6.07, 6.45) is 1.38. The lowest BCUT2D eigenvalue weighted by molar-refractivity contribution is 0.0955. The van der Waals surface area contributed by atoms with Crippen molar-refractivity contribution >= 4 is 44.0 Å². The number of benzene rings is 2. The number of hydrazone groups is 1. The van der Waals surface area contributed by atoms with Crippen LogP contribution < -0.4 is 5.43 Å². The normalized spacial score (nSPS) is 10.7. The molecular formula is C14H10Br2N2O2. The SMILES string of the molecule is O=C(NN=Cc1cc(Br)cc(Br)c1O)c1ccccc1. The molecule has 0 bridgehead atoms. The van der Waals surface area contributed by atoms with E-state index in [1.54, 1.807) is 36.4 Å². The predicted molar refractivity (Wildman–Crippen MR) is 85.0 cm³/mol. The summed E-state index contributed by atoms with van der Waals surface area (Å²) in [5.74, 6) is -0.249. The first-order valence-electron chi connectivity index (χ1n) is 5.64. The molecule has 0 atom stereocenters. The summed E-state index contributed by atoms with van der Waals surface area (Å²) in [6.45, 7) is 0. The molecule has 6 heteroatoms. The Balaban J connectivity index is 2.10. The van der Waals surface area contributed by atoms with Crippen LogP contribution in [0, 0.1) is 0 Å². The third kappa shape index (κ3) is 3.68. The third-order valence-electron chi connectivity index (χ3n) is 2.46. The van der Waals surface area contributed by atoms with E-state index in [2.05, 4.69) is 42.4 Å². The van der Waals surface area contributed by atoms with Crippen molar-refractivity contribution in [1.29, 1.82) is 0 Å². The maximum atomic E-state index is 11.7. The maximum absolute atomic E-state index is 11.7. The van der Waals surface area contributed by atoms with Gasteiger partial charge in [-0.05, 0) is 40.2 Å². The van der Waals surface area contributed by atoms with E-state index in [0.29, 0.717) is 15.6 Å². The number of carbonyl (C=O) groups excluding carboxylic acids is 1. The topological polar surface area (TPSA) is 61.7 Å². The molecule has 0 radical (unpaired) electrons. The quantitative estimate of drug-likeness (QED) is 0.612. The number of phenols is 1. The molecule has 0 heterocycles. The van der Waals surface area contributed by atoms with Gasteiger partial charge in [-0.15, -0.1) is 0 Å². The van der Waals surface area contributed by atoms with E-state index in [1.165, 1.54) is 6.21 Å². The van der Waals surface area contributed by atoms with E-state index < -0.39 is 0 Å². The van der Waals surface area contributed by atoms with Crippen LogP contribution in [0.5, 0.6) is 5.75 Å². The molecule has 0 saturated heterocycles. The van der Waals surface area contributed by atoms with Crippen LogP contribution in [0.25, 0.3) is 0 Å². The Morgan fingerprint density at radius 1 is 1.20 bits per heavy atom. The lowest BCUT2D eigenvalue weighted by Crippen LogP contribution is -2.17. The first kappa shape index (κ1) is 14.7. The fourth-order valence-electron chi connectivity index (χ4n) is 1.50. The maximum Gasteiger partial charge on any atom is 0.271 e. The van der Waals surface area contributed by atoms with Crippen LogP contribution in [-0.2, 0) is 0 Å². The Labute approximate surface area is 132 Å². The van der Waals surface area contributed by atoms with Gasteiger partial charge in [0.1, 0.15) is 5.75 Å². The van der Waals surface area contributed by atoms with Crippen LogP contribution in [0.2, 0.25) is 0 Å². The van der Waals surface area contributed by atoms with Crippen LogP contribution in [0.4, 0.5) is 0 Å². The molecule has 2 aromatic carbocycles. The highest BCUT2D eigenvalue weighted by Gasteiger charge is 2.06. The van der Waals surface area contributed by atoms with Gasteiger partial charge in [-0.25, -0.2) is 5.43 Å². The second-order valence-electron chi connectivity index (χ2n) is 3.89. The molecule has 0 spiro atoms. The number of nitrogens with zero attached hydrogens (tertiary/aromatic N) is 1. The molecule has 1 amide bonds. The molecule has 0 saturated carbocycles. The molecule has 20 heavy (non-hydrogen) atoms. The van der Waals surface area contributed by atoms with Crippen LogP contribution in [0.3, 0.4) is 0 Å². The molecule has 4 nitrogen and oxygen atoms in total. The van der Waals surface area contributed by atoms with E-state index in [9.17, 15) is 9.90 Å². The van der Waals surface area contributed by atoms with Crippen molar-refractivity contribution in [3.63, 3.8) is 0 Å². The lowest BCUT2D eigenvalue weighted by atomic mass is 10.2. The molecule has 2 rings (SSSR count). The summed E-state index contributed by atoms with van der Waals surface area (Å²) in [5, 5.41) is 13.7. The number of nitrogens with one attached hydrogen (secondary N) is 1. The van der Waals surface area contributed by atoms with Gasteiger partial charge in [0.25, 0.3) is 5.91 Å². The zero-order valence-electron chi connectivity index (χ0n) is 10.2. The Morgan fingerprint density at radius 2 is 1.90 bits per heavy atom. The van der Waals surface area contributed by atoms with Crippen LogP contribution in [0.1, 0.15) is 15.9 Å². The molecule has 102 valence electrons. The summed E-state index contributed by atoms with van der Waals surface area (Å²) in [7, 11) is 0. The number of hydrogen-bond donors (Lipinski definition) is 2. The van der Waals surface area contributed by atoms with Crippen molar-refractivity contribution < 1.29 is 9.90 Å². The van der Waals surface area contributed by atoms with Gasteiger partial charge < -0.3 is 5.11 Å². The molecule has 0 unspecified atom stereocenters. The highest BCUT2D eigenvalue weighted by atomic mass is 79.9. The molecule has 0 aliphatic rings. The highest BCUT2D eigenvalue weighted by Crippen LogP contribution is 2.30. The van der Waals surface area contributed by atoms with Gasteiger partial charge in [-0.2, -0.15) is 5.10 Å². The first-order valence-corrected chi connectivity index (χ1v) is 7.23. The van der Waals surface area contributed by atoms with Crippen LogP contribution in [0.15, 0.2) is 56.5 Å². The molecule has 0 aliphatic carbocycles. The zero-order valence-corrected chi connectivity index (χ0v) is 13.3. The van der Waals surface area contributed by atoms with Crippen molar-refractivity contribution in [2.45, 2.75) is 0 Å². The third-order valence-corrected chi connectivity index (χ3v) is 3.53. The fourth-order valence-corrected chi connectivity index (χ4v) is 2.76. The fraction of sp³-hybridized carbons (Fsp3) is 0. The number of aromatic hydroxyl groups is 1. The van der Waals surface area contributed by atoms with Crippen LogP contribution in [-0.4, -0.2) is 17.2 Å². The monoisotopic (exact) mass is 396 g/mol. The largest absolute Gasteiger partial charge is 0.506 e. The van der Waals surface area contributed by atoms with Crippen molar-refractivity contribution in [2.75, 3.05) is 0 Å².